The Balaban J connectivity index is 1.64. The first-order chi connectivity index (χ1) is 11.5. The van der Waals surface area contributed by atoms with E-state index < -0.39 is 15.9 Å². The van der Waals surface area contributed by atoms with Crippen LogP contribution >= 0.6 is 0 Å². The maximum Gasteiger partial charge on any atom is 0.354 e. The summed E-state index contributed by atoms with van der Waals surface area (Å²) in [5.74, 6) is 0. The van der Waals surface area contributed by atoms with Crippen LogP contribution in [0, 0.1) is 0 Å². The molecule has 6 heteroatoms. The summed E-state index contributed by atoms with van der Waals surface area (Å²) in [4.78, 5) is 12.4. The number of nitrogens with two attached hydrogens (primary N) is 1. The zero-order chi connectivity index (χ0) is 16.7. The first-order valence-electron chi connectivity index (χ1n) is 9.06. The summed E-state index contributed by atoms with van der Waals surface area (Å²) in [6.07, 6.45) is 10.1. The molecule has 0 heterocycles. The van der Waals surface area contributed by atoms with Crippen LogP contribution in [0.25, 0.3) is 0 Å². The molecule has 4 rings (SSSR count). The van der Waals surface area contributed by atoms with E-state index in [2.05, 4.69) is 15.7 Å². The second-order valence-corrected chi connectivity index (χ2v) is 9.35. The molecule has 1 fully saturated rings. The Morgan fingerprint density at radius 2 is 1.62 bits per heavy atom. The smallest absolute Gasteiger partial charge is 0.305 e. The Morgan fingerprint density at radius 1 is 1.04 bits per heavy atom. The van der Waals surface area contributed by atoms with Gasteiger partial charge >= 0.3 is 6.03 Å². The molecule has 1 aromatic carbocycles. The first kappa shape index (κ1) is 16.1. The van der Waals surface area contributed by atoms with E-state index in [-0.39, 0.29) is 5.25 Å². The van der Waals surface area contributed by atoms with Crippen molar-refractivity contribution < 1.29 is 9.00 Å². The molecule has 1 atom stereocenters. The van der Waals surface area contributed by atoms with Crippen LogP contribution in [0.2, 0.25) is 0 Å². The van der Waals surface area contributed by atoms with Gasteiger partial charge in [-0.2, -0.15) is 0 Å². The number of carbonyl (C=O) groups is 1. The molecule has 1 aromatic rings. The summed E-state index contributed by atoms with van der Waals surface area (Å²) in [6, 6.07) is 1.78. The normalized spacial score (nSPS) is 22.0. The van der Waals surface area contributed by atoms with E-state index in [1.807, 2.05) is 0 Å². The minimum atomic E-state index is -2.94. The molecule has 0 spiro atoms. The van der Waals surface area contributed by atoms with Gasteiger partial charge in [0.2, 0.25) is 0 Å². The van der Waals surface area contributed by atoms with Crippen molar-refractivity contribution >= 4 is 21.6 Å². The first-order valence-corrected chi connectivity index (χ1v) is 10.7. The molecule has 0 aliphatic heterocycles. The van der Waals surface area contributed by atoms with Gasteiger partial charge in [-0.05, 0) is 73.6 Å². The van der Waals surface area contributed by atoms with Crippen molar-refractivity contribution in [1.82, 2.24) is 0 Å². The Labute approximate surface area is 143 Å². The number of amides is 2. The highest BCUT2D eigenvalue weighted by Gasteiger charge is 2.27. The number of nitrogens with zero attached hydrogens (tertiary/aromatic N) is 1. The fourth-order valence-electron chi connectivity index (χ4n) is 4.53. The molecule has 24 heavy (non-hydrogen) atoms. The lowest BCUT2D eigenvalue weighted by molar-refractivity contribution is 0.260. The third kappa shape index (κ3) is 2.86. The van der Waals surface area contributed by atoms with Gasteiger partial charge < -0.3 is 5.32 Å². The number of nitrogens with one attached hydrogen (secondary N) is 1. The van der Waals surface area contributed by atoms with Crippen LogP contribution in [0.3, 0.4) is 0 Å². The van der Waals surface area contributed by atoms with E-state index in [1.54, 1.807) is 0 Å². The molecule has 3 N–H and O–H groups in total. The molecule has 130 valence electrons. The van der Waals surface area contributed by atoms with Gasteiger partial charge in [0.25, 0.3) is 0 Å². The van der Waals surface area contributed by atoms with E-state index in [0.717, 1.165) is 69.9 Å². The van der Waals surface area contributed by atoms with Crippen molar-refractivity contribution in [1.29, 1.82) is 0 Å². The van der Waals surface area contributed by atoms with Gasteiger partial charge in [-0.1, -0.05) is 18.9 Å². The van der Waals surface area contributed by atoms with Crippen molar-refractivity contribution in [2.45, 2.75) is 69.5 Å². The van der Waals surface area contributed by atoms with E-state index >= 15 is 0 Å². The Hall–Kier alpha value is -1.40. The van der Waals surface area contributed by atoms with Gasteiger partial charge in [0.05, 0.1) is 5.25 Å². The van der Waals surface area contributed by atoms with Crippen molar-refractivity contribution in [2.24, 2.45) is 9.50 Å². The van der Waals surface area contributed by atoms with Gasteiger partial charge in [0.1, 0.15) is 9.92 Å². The number of benzene rings is 1. The standard InChI is InChI=1S/C18H25N3O2S/c19-24(23,14-7-1-2-8-14)21-18(22)20-17-15-9-3-5-12(15)11-13-6-4-10-16(13)17/h11,14H,1-10H2,(H3,19,20,21,22,23). The van der Waals surface area contributed by atoms with Crippen LogP contribution in [0.4, 0.5) is 10.5 Å². The third-order valence-electron chi connectivity index (χ3n) is 5.71. The highest BCUT2D eigenvalue weighted by Crippen LogP contribution is 2.38. The SMILES string of the molecule is NS(=O)(=NC(=O)Nc1c2c(cc3c1CCC3)CCC2)C1CCCC1. The number of anilines is 1. The summed E-state index contributed by atoms with van der Waals surface area (Å²) in [7, 11) is -2.94. The molecule has 3 aliphatic carbocycles. The number of fused-ring (bicyclic) bond motifs is 2. The molecule has 1 unspecified atom stereocenters. The van der Waals surface area contributed by atoms with Crippen molar-refractivity contribution in [3.05, 3.63) is 28.3 Å². The monoisotopic (exact) mass is 347 g/mol. The quantitative estimate of drug-likeness (QED) is 0.858. The van der Waals surface area contributed by atoms with Gasteiger partial charge in [0, 0.05) is 5.69 Å². The van der Waals surface area contributed by atoms with E-state index in [0.29, 0.717) is 0 Å². The summed E-state index contributed by atoms with van der Waals surface area (Å²) in [5.41, 5.74) is 6.16. The molecule has 2 amide bonds. The Bertz CT molecular complexity index is 771. The number of aryl methyl sites for hydroxylation is 2. The molecule has 0 bridgehead atoms. The number of rotatable bonds is 2. The summed E-state index contributed by atoms with van der Waals surface area (Å²) in [5, 5.41) is 8.72. The van der Waals surface area contributed by atoms with E-state index in [1.165, 1.54) is 22.3 Å². The Kier molecular flexibility index (Phi) is 4.12. The molecule has 0 aromatic heterocycles. The number of carbonyl (C=O) groups excluding carboxylic acids is 1. The molecule has 5 nitrogen and oxygen atoms in total. The van der Waals surface area contributed by atoms with E-state index in [9.17, 15) is 9.00 Å². The molecule has 1 saturated carbocycles. The zero-order valence-electron chi connectivity index (χ0n) is 14.0. The fourth-order valence-corrected chi connectivity index (χ4v) is 5.99. The van der Waals surface area contributed by atoms with Gasteiger partial charge in [-0.25, -0.2) is 14.1 Å². The average molecular weight is 347 g/mol. The van der Waals surface area contributed by atoms with Gasteiger partial charge in [-0.3, -0.25) is 0 Å². The van der Waals surface area contributed by atoms with Crippen LogP contribution in [0.1, 0.15) is 60.8 Å². The summed E-state index contributed by atoms with van der Waals surface area (Å²) in [6.45, 7) is 0. The van der Waals surface area contributed by atoms with Gasteiger partial charge in [-0.15, -0.1) is 4.36 Å². The second kappa shape index (κ2) is 6.15. The maximum atomic E-state index is 12.6. The van der Waals surface area contributed by atoms with Crippen LogP contribution in [0.15, 0.2) is 10.4 Å². The zero-order valence-corrected chi connectivity index (χ0v) is 14.8. The van der Waals surface area contributed by atoms with Crippen LogP contribution < -0.4 is 10.5 Å². The van der Waals surface area contributed by atoms with Crippen molar-refractivity contribution in [3.8, 4) is 0 Å². The lowest BCUT2D eigenvalue weighted by Gasteiger charge is -2.16. The van der Waals surface area contributed by atoms with Crippen LogP contribution in [-0.2, 0) is 35.6 Å². The van der Waals surface area contributed by atoms with Gasteiger partial charge in [0.15, 0.2) is 0 Å². The highest BCUT2D eigenvalue weighted by atomic mass is 32.2. The number of hydrogen-bond acceptors (Lipinski definition) is 2. The third-order valence-corrected chi connectivity index (χ3v) is 7.59. The number of hydrogen-bond donors (Lipinski definition) is 2. The van der Waals surface area contributed by atoms with Crippen LogP contribution in [-0.4, -0.2) is 15.5 Å². The van der Waals surface area contributed by atoms with Crippen molar-refractivity contribution in [3.63, 3.8) is 0 Å². The Morgan fingerprint density at radius 3 is 2.21 bits per heavy atom. The highest BCUT2D eigenvalue weighted by molar-refractivity contribution is 7.92. The predicted octanol–water partition coefficient (Wildman–Crippen LogP) is 3.48. The average Bonchev–Trinajstić information content (AvgIpc) is 3.27. The molecular weight excluding hydrogens is 322 g/mol. The van der Waals surface area contributed by atoms with E-state index in [4.69, 9.17) is 5.14 Å². The molecule has 0 saturated heterocycles. The fraction of sp³-hybridized carbons (Fsp3) is 0.611. The lowest BCUT2D eigenvalue weighted by Crippen LogP contribution is -2.28. The number of urea groups is 1. The predicted molar refractivity (Wildman–Crippen MR) is 96.5 cm³/mol. The maximum absolute atomic E-state index is 12.6. The summed E-state index contributed by atoms with van der Waals surface area (Å²) < 4.78 is 16.5. The van der Waals surface area contributed by atoms with Crippen LogP contribution in [0.5, 0.6) is 0 Å². The van der Waals surface area contributed by atoms with Crippen molar-refractivity contribution in [2.75, 3.05) is 5.32 Å². The molecule has 0 radical (unpaired) electrons. The minimum Gasteiger partial charge on any atom is -0.305 e. The largest absolute Gasteiger partial charge is 0.354 e. The topological polar surface area (TPSA) is 84.6 Å². The second-order valence-electron chi connectivity index (χ2n) is 7.28. The lowest BCUT2D eigenvalue weighted by atomic mass is 9.99. The molecular formula is C18H25N3O2S. The molecule has 3 aliphatic rings. The summed E-state index contributed by atoms with van der Waals surface area (Å²) >= 11 is 0. The minimum absolute atomic E-state index is 0.143.